The first kappa shape index (κ1) is 16.5. The average molecular weight is 349 g/mol. The fraction of sp³-hybridized carbons (Fsp3) is 0.286. The van der Waals surface area contributed by atoms with E-state index in [9.17, 15) is 4.79 Å². The summed E-state index contributed by atoms with van der Waals surface area (Å²) in [5, 5.41) is 4.07. The van der Waals surface area contributed by atoms with Gasteiger partial charge in [0.15, 0.2) is 0 Å². The summed E-state index contributed by atoms with van der Waals surface area (Å²) in [7, 11) is 1.70. The minimum atomic E-state index is -0.0156. The van der Waals surface area contributed by atoms with Crippen LogP contribution >= 0.6 is 0 Å². The van der Waals surface area contributed by atoms with E-state index in [0.29, 0.717) is 18.0 Å². The minimum Gasteiger partial charge on any atom is -0.495 e. The van der Waals surface area contributed by atoms with E-state index in [4.69, 9.17) is 4.74 Å². The number of methoxy groups -OCH3 is 1. The molecule has 2 N–H and O–H groups in total. The summed E-state index contributed by atoms with van der Waals surface area (Å²) in [6.07, 6.45) is 2.85. The number of amides is 1. The minimum absolute atomic E-state index is 0.0156. The predicted molar refractivity (Wildman–Crippen MR) is 104 cm³/mol. The Morgan fingerprint density at radius 2 is 2.04 bits per heavy atom. The van der Waals surface area contributed by atoms with Crippen molar-refractivity contribution in [1.29, 1.82) is 0 Å². The van der Waals surface area contributed by atoms with E-state index < -0.39 is 0 Å². The maximum absolute atomic E-state index is 12.6. The summed E-state index contributed by atoms with van der Waals surface area (Å²) in [5.41, 5.74) is 2.82. The Hall–Kier alpha value is -2.95. The molecule has 1 amide bonds. The monoisotopic (exact) mass is 349 g/mol. The number of ether oxygens (including phenoxy) is 1. The number of para-hydroxylation sites is 3. The standard InChI is InChI=1S/C21H23N3O2/c1-26-20-9-5-4-8-19(20)24-11-10-15(14-24)12-23-21(25)17-13-22-18-7-3-2-6-16(17)18/h2-9,13,15,22H,10-12,14H2,1H3,(H,23,25)/t15-/m0/s1. The number of benzene rings is 2. The second-order valence-corrected chi connectivity index (χ2v) is 6.73. The van der Waals surface area contributed by atoms with E-state index in [1.165, 1.54) is 0 Å². The highest BCUT2D eigenvalue weighted by Gasteiger charge is 2.25. The van der Waals surface area contributed by atoms with Crippen LogP contribution in [0.5, 0.6) is 5.75 Å². The van der Waals surface area contributed by atoms with Crippen LogP contribution in [0.3, 0.4) is 0 Å². The lowest BCUT2D eigenvalue weighted by molar-refractivity contribution is 0.0950. The fourth-order valence-corrected chi connectivity index (χ4v) is 3.70. The molecule has 5 nitrogen and oxygen atoms in total. The maximum Gasteiger partial charge on any atom is 0.253 e. The molecule has 0 aliphatic carbocycles. The molecule has 0 spiro atoms. The van der Waals surface area contributed by atoms with E-state index in [1.807, 2.05) is 42.5 Å². The highest BCUT2D eigenvalue weighted by molar-refractivity contribution is 6.06. The zero-order valence-electron chi connectivity index (χ0n) is 14.9. The van der Waals surface area contributed by atoms with Crippen molar-refractivity contribution in [3.8, 4) is 5.75 Å². The Morgan fingerprint density at radius 3 is 2.92 bits per heavy atom. The first-order chi connectivity index (χ1) is 12.8. The van der Waals surface area contributed by atoms with E-state index >= 15 is 0 Å². The van der Waals surface area contributed by atoms with Crippen LogP contribution in [-0.2, 0) is 0 Å². The molecule has 1 fully saturated rings. The lowest BCUT2D eigenvalue weighted by Gasteiger charge is -2.21. The van der Waals surface area contributed by atoms with Crippen molar-refractivity contribution in [3.05, 3.63) is 60.3 Å². The van der Waals surface area contributed by atoms with Gasteiger partial charge in [-0.2, -0.15) is 0 Å². The summed E-state index contributed by atoms with van der Waals surface area (Å²) in [6.45, 7) is 2.59. The number of hydrogen-bond donors (Lipinski definition) is 2. The van der Waals surface area contributed by atoms with Gasteiger partial charge < -0.3 is 19.9 Å². The van der Waals surface area contributed by atoms with Gasteiger partial charge in [0.05, 0.1) is 18.4 Å². The van der Waals surface area contributed by atoms with Crippen molar-refractivity contribution in [3.63, 3.8) is 0 Å². The first-order valence-corrected chi connectivity index (χ1v) is 8.98. The molecule has 134 valence electrons. The molecular weight excluding hydrogens is 326 g/mol. The van der Waals surface area contributed by atoms with Crippen molar-refractivity contribution in [2.75, 3.05) is 31.6 Å². The highest BCUT2D eigenvalue weighted by atomic mass is 16.5. The number of carbonyl (C=O) groups excluding carboxylic acids is 1. The van der Waals surface area contributed by atoms with E-state index in [0.717, 1.165) is 41.9 Å². The molecule has 1 atom stereocenters. The number of anilines is 1. The Bertz CT molecular complexity index is 918. The number of aromatic nitrogens is 1. The van der Waals surface area contributed by atoms with Gasteiger partial charge in [-0.15, -0.1) is 0 Å². The number of nitrogens with zero attached hydrogens (tertiary/aromatic N) is 1. The van der Waals surface area contributed by atoms with Gasteiger partial charge in [0.1, 0.15) is 5.75 Å². The largest absolute Gasteiger partial charge is 0.495 e. The number of H-pyrrole nitrogens is 1. The average Bonchev–Trinajstić information content (AvgIpc) is 3.33. The molecule has 1 aromatic heterocycles. The van der Waals surface area contributed by atoms with Crippen molar-refractivity contribution in [2.45, 2.75) is 6.42 Å². The summed E-state index contributed by atoms with van der Waals surface area (Å²) >= 11 is 0. The molecule has 2 heterocycles. The van der Waals surface area contributed by atoms with Crippen LogP contribution in [0.4, 0.5) is 5.69 Å². The molecule has 0 bridgehead atoms. The van der Waals surface area contributed by atoms with Crippen LogP contribution in [0, 0.1) is 5.92 Å². The Kier molecular flexibility index (Phi) is 4.52. The van der Waals surface area contributed by atoms with E-state index in [1.54, 1.807) is 13.3 Å². The number of hydrogen-bond acceptors (Lipinski definition) is 3. The van der Waals surface area contributed by atoms with Crippen molar-refractivity contribution < 1.29 is 9.53 Å². The molecule has 1 aliphatic heterocycles. The Labute approximate surface area is 153 Å². The van der Waals surface area contributed by atoms with Gasteiger partial charge in [-0.1, -0.05) is 30.3 Å². The SMILES string of the molecule is COc1ccccc1N1CC[C@@H](CNC(=O)c2c[nH]c3ccccc23)C1. The second kappa shape index (κ2) is 7.12. The van der Waals surface area contributed by atoms with Gasteiger partial charge in [0.2, 0.25) is 0 Å². The molecule has 5 heteroatoms. The summed E-state index contributed by atoms with van der Waals surface area (Å²) in [5.74, 6) is 1.32. The van der Waals surface area contributed by atoms with Crippen molar-refractivity contribution >= 4 is 22.5 Å². The zero-order chi connectivity index (χ0) is 17.9. The summed E-state index contributed by atoms with van der Waals surface area (Å²) < 4.78 is 5.47. The smallest absolute Gasteiger partial charge is 0.253 e. The summed E-state index contributed by atoms with van der Waals surface area (Å²) in [4.78, 5) is 18.1. The Balaban J connectivity index is 1.38. The van der Waals surface area contributed by atoms with Gasteiger partial charge in [0, 0.05) is 36.7 Å². The van der Waals surface area contributed by atoms with Crippen LogP contribution in [-0.4, -0.2) is 37.6 Å². The van der Waals surface area contributed by atoms with E-state index in [-0.39, 0.29) is 5.91 Å². The van der Waals surface area contributed by atoms with Gasteiger partial charge in [0.25, 0.3) is 5.91 Å². The number of carbonyl (C=O) groups is 1. The number of fused-ring (bicyclic) bond motifs is 1. The number of aromatic amines is 1. The summed E-state index contributed by atoms with van der Waals surface area (Å²) in [6, 6.07) is 16.0. The molecule has 26 heavy (non-hydrogen) atoms. The molecule has 0 radical (unpaired) electrons. The normalized spacial score (nSPS) is 16.8. The van der Waals surface area contributed by atoms with Crippen LogP contribution in [0.1, 0.15) is 16.8 Å². The first-order valence-electron chi connectivity index (χ1n) is 8.98. The van der Waals surface area contributed by atoms with Crippen LogP contribution in [0.2, 0.25) is 0 Å². The predicted octanol–water partition coefficient (Wildman–Crippen LogP) is 3.43. The molecule has 2 aromatic carbocycles. The topological polar surface area (TPSA) is 57.4 Å². The Morgan fingerprint density at radius 1 is 1.23 bits per heavy atom. The van der Waals surface area contributed by atoms with Crippen molar-refractivity contribution in [2.24, 2.45) is 5.92 Å². The highest BCUT2D eigenvalue weighted by Crippen LogP contribution is 2.31. The second-order valence-electron chi connectivity index (χ2n) is 6.73. The van der Waals surface area contributed by atoms with Gasteiger partial charge in [-0.05, 0) is 30.5 Å². The third-order valence-electron chi connectivity index (χ3n) is 5.10. The number of nitrogens with one attached hydrogen (secondary N) is 2. The van der Waals surface area contributed by atoms with Crippen LogP contribution in [0.25, 0.3) is 10.9 Å². The lowest BCUT2D eigenvalue weighted by atomic mass is 10.1. The molecular formula is C21H23N3O2. The van der Waals surface area contributed by atoms with Gasteiger partial charge in [-0.25, -0.2) is 0 Å². The molecule has 1 saturated heterocycles. The quantitative estimate of drug-likeness (QED) is 0.742. The van der Waals surface area contributed by atoms with E-state index in [2.05, 4.69) is 21.3 Å². The molecule has 4 rings (SSSR count). The molecule has 1 aliphatic rings. The fourth-order valence-electron chi connectivity index (χ4n) is 3.70. The van der Waals surface area contributed by atoms with Crippen LogP contribution in [0.15, 0.2) is 54.7 Å². The molecule has 0 saturated carbocycles. The lowest BCUT2D eigenvalue weighted by Crippen LogP contribution is -2.31. The maximum atomic E-state index is 12.6. The third kappa shape index (κ3) is 3.12. The van der Waals surface area contributed by atoms with Gasteiger partial charge >= 0.3 is 0 Å². The zero-order valence-corrected chi connectivity index (χ0v) is 14.9. The van der Waals surface area contributed by atoms with Crippen molar-refractivity contribution in [1.82, 2.24) is 10.3 Å². The van der Waals surface area contributed by atoms with Crippen LogP contribution < -0.4 is 15.0 Å². The molecule has 3 aromatic rings. The third-order valence-corrected chi connectivity index (χ3v) is 5.10. The van der Waals surface area contributed by atoms with Gasteiger partial charge in [-0.3, -0.25) is 4.79 Å². The number of rotatable bonds is 5. The molecule has 0 unspecified atom stereocenters.